The van der Waals surface area contributed by atoms with Crippen LogP contribution in [0.15, 0.2) is 48.8 Å². The highest BCUT2D eigenvalue weighted by molar-refractivity contribution is 5.93. The minimum absolute atomic E-state index is 0.282. The van der Waals surface area contributed by atoms with Gasteiger partial charge in [0.1, 0.15) is 23.2 Å². The van der Waals surface area contributed by atoms with Gasteiger partial charge in [-0.25, -0.2) is 4.98 Å². The summed E-state index contributed by atoms with van der Waals surface area (Å²) in [7, 11) is 0. The summed E-state index contributed by atoms with van der Waals surface area (Å²) in [5.41, 5.74) is 2.76. The standard InChI is InChI=1S/C16H12N6O/c17-9-12-7-11(4-6-18-12)10-20-16(23)15-8-14(21-22-15)13-3-1-2-5-19-13/h1-8H,10H2,(H,20,23)(H,21,22). The molecular weight excluding hydrogens is 292 g/mol. The predicted octanol–water partition coefficient (Wildman–Crippen LogP) is 1.67. The molecule has 1 amide bonds. The van der Waals surface area contributed by atoms with Crippen molar-refractivity contribution < 1.29 is 4.79 Å². The number of rotatable bonds is 4. The molecule has 0 radical (unpaired) electrons. The third-order valence-electron chi connectivity index (χ3n) is 3.14. The van der Waals surface area contributed by atoms with Crippen LogP contribution in [0.25, 0.3) is 11.4 Å². The quantitative estimate of drug-likeness (QED) is 0.762. The van der Waals surface area contributed by atoms with Gasteiger partial charge in [-0.05, 0) is 35.9 Å². The Kier molecular flexibility index (Phi) is 4.07. The minimum Gasteiger partial charge on any atom is -0.347 e. The average molecular weight is 304 g/mol. The van der Waals surface area contributed by atoms with Crippen LogP contribution in [0.1, 0.15) is 21.7 Å². The monoisotopic (exact) mass is 304 g/mol. The van der Waals surface area contributed by atoms with E-state index >= 15 is 0 Å². The summed E-state index contributed by atoms with van der Waals surface area (Å²) < 4.78 is 0. The summed E-state index contributed by atoms with van der Waals surface area (Å²) in [6.07, 6.45) is 3.20. The number of aromatic amines is 1. The minimum atomic E-state index is -0.282. The van der Waals surface area contributed by atoms with Crippen molar-refractivity contribution in [2.45, 2.75) is 6.54 Å². The Hall–Kier alpha value is -3.53. The summed E-state index contributed by atoms with van der Waals surface area (Å²) in [5, 5.41) is 18.4. The number of hydrogen-bond donors (Lipinski definition) is 2. The molecule has 0 bridgehead atoms. The van der Waals surface area contributed by atoms with E-state index in [1.165, 1.54) is 6.20 Å². The summed E-state index contributed by atoms with van der Waals surface area (Å²) in [6.45, 7) is 0.300. The maximum Gasteiger partial charge on any atom is 0.269 e. The Labute approximate surface area is 132 Å². The van der Waals surface area contributed by atoms with Crippen molar-refractivity contribution in [3.63, 3.8) is 0 Å². The van der Waals surface area contributed by atoms with Crippen LogP contribution in [0.3, 0.4) is 0 Å². The zero-order valence-electron chi connectivity index (χ0n) is 12.0. The third-order valence-corrected chi connectivity index (χ3v) is 3.14. The summed E-state index contributed by atoms with van der Waals surface area (Å²) in [4.78, 5) is 20.2. The van der Waals surface area contributed by atoms with Crippen molar-refractivity contribution in [1.29, 1.82) is 5.26 Å². The van der Waals surface area contributed by atoms with E-state index in [9.17, 15) is 4.79 Å². The maximum absolute atomic E-state index is 12.1. The van der Waals surface area contributed by atoms with Gasteiger partial charge in [0, 0.05) is 18.9 Å². The largest absolute Gasteiger partial charge is 0.347 e. The van der Waals surface area contributed by atoms with Gasteiger partial charge in [0.25, 0.3) is 5.91 Å². The van der Waals surface area contributed by atoms with Gasteiger partial charge < -0.3 is 5.32 Å². The lowest BCUT2D eigenvalue weighted by molar-refractivity contribution is 0.0946. The SMILES string of the molecule is N#Cc1cc(CNC(=O)c2cc(-c3ccccn3)n[nH]2)ccn1. The van der Waals surface area contributed by atoms with Gasteiger partial charge >= 0.3 is 0 Å². The lowest BCUT2D eigenvalue weighted by atomic mass is 10.2. The molecule has 3 aromatic rings. The Morgan fingerprint density at radius 1 is 1.17 bits per heavy atom. The number of hydrogen-bond acceptors (Lipinski definition) is 5. The molecule has 0 atom stereocenters. The number of H-pyrrole nitrogens is 1. The molecular formula is C16H12N6O. The number of pyridine rings is 2. The van der Waals surface area contributed by atoms with Gasteiger partial charge in [-0.3, -0.25) is 14.9 Å². The maximum atomic E-state index is 12.1. The fraction of sp³-hybridized carbons (Fsp3) is 0.0625. The number of nitriles is 1. The van der Waals surface area contributed by atoms with Crippen molar-refractivity contribution in [3.8, 4) is 17.5 Å². The number of nitrogens with one attached hydrogen (secondary N) is 2. The highest BCUT2D eigenvalue weighted by Gasteiger charge is 2.11. The van der Waals surface area contributed by atoms with Gasteiger partial charge in [0.05, 0.1) is 5.69 Å². The third kappa shape index (κ3) is 3.39. The first-order valence-corrected chi connectivity index (χ1v) is 6.86. The molecule has 0 aromatic carbocycles. The van der Waals surface area contributed by atoms with Crippen molar-refractivity contribution in [3.05, 3.63) is 65.7 Å². The Balaban J connectivity index is 1.67. The van der Waals surface area contributed by atoms with Crippen molar-refractivity contribution in [2.75, 3.05) is 0 Å². The normalized spacial score (nSPS) is 10.0. The van der Waals surface area contributed by atoms with Crippen LogP contribution in [-0.4, -0.2) is 26.1 Å². The summed E-state index contributed by atoms with van der Waals surface area (Å²) in [6, 6.07) is 12.5. The second-order valence-electron chi connectivity index (χ2n) is 4.73. The van der Waals surface area contributed by atoms with Gasteiger partial charge in [-0.1, -0.05) is 6.07 Å². The molecule has 0 spiro atoms. The Bertz CT molecular complexity index is 866. The van der Waals surface area contributed by atoms with Crippen molar-refractivity contribution in [2.24, 2.45) is 0 Å². The molecule has 0 unspecified atom stereocenters. The van der Waals surface area contributed by atoms with Gasteiger partial charge in [-0.15, -0.1) is 0 Å². The van der Waals surface area contributed by atoms with Crippen molar-refractivity contribution in [1.82, 2.24) is 25.5 Å². The van der Waals surface area contributed by atoms with E-state index in [4.69, 9.17) is 5.26 Å². The van der Waals surface area contributed by atoms with Crippen LogP contribution < -0.4 is 5.32 Å². The van der Waals surface area contributed by atoms with Crippen LogP contribution in [-0.2, 0) is 6.54 Å². The molecule has 112 valence electrons. The average Bonchev–Trinajstić information content (AvgIpc) is 3.11. The van der Waals surface area contributed by atoms with Crippen LogP contribution >= 0.6 is 0 Å². The molecule has 3 rings (SSSR count). The lowest BCUT2D eigenvalue weighted by Gasteiger charge is -2.03. The van der Waals surface area contributed by atoms with E-state index in [0.29, 0.717) is 29.3 Å². The molecule has 0 aliphatic rings. The molecule has 0 fully saturated rings. The molecule has 7 heteroatoms. The molecule has 23 heavy (non-hydrogen) atoms. The first-order valence-electron chi connectivity index (χ1n) is 6.86. The second kappa shape index (κ2) is 6.49. The molecule has 0 aliphatic carbocycles. The fourth-order valence-electron chi connectivity index (χ4n) is 2.01. The second-order valence-corrected chi connectivity index (χ2v) is 4.73. The van der Waals surface area contributed by atoms with E-state index in [2.05, 4.69) is 25.5 Å². The van der Waals surface area contributed by atoms with Crippen LogP contribution in [0.5, 0.6) is 0 Å². The molecule has 0 saturated heterocycles. The molecule has 2 N–H and O–H groups in total. The number of amides is 1. The zero-order valence-corrected chi connectivity index (χ0v) is 12.0. The molecule has 0 aliphatic heterocycles. The van der Waals surface area contributed by atoms with E-state index in [-0.39, 0.29) is 5.91 Å². The summed E-state index contributed by atoms with van der Waals surface area (Å²) in [5.74, 6) is -0.282. The van der Waals surface area contributed by atoms with Crippen LogP contribution in [0.2, 0.25) is 0 Å². The number of aromatic nitrogens is 4. The Morgan fingerprint density at radius 3 is 2.87 bits per heavy atom. The Morgan fingerprint density at radius 2 is 2.09 bits per heavy atom. The first kappa shape index (κ1) is 14.4. The first-order chi connectivity index (χ1) is 11.3. The summed E-state index contributed by atoms with van der Waals surface area (Å²) >= 11 is 0. The van der Waals surface area contributed by atoms with Crippen molar-refractivity contribution >= 4 is 5.91 Å². The van der Waals surface area contributed by atoms with E-state index in [1.807, 2.05) is 24.3 Å². The molecule has 0 saturated carbocycles. The van der Waals surface area contributed by atoms with Crippen LogP contribution in [0.4, 0.5) is 0 Å². The number of carbonyl (C=O) groups excluding carboxylic acids is 1. The lowest BCUT2D eigenvalue weighted by Crippen LogP contribution is -2.23. The molecule has 7 nitrogen and oxygen atoms in total. The van der Waals surface area contributed by atoms with E-state index in [0.717, 1.165) is 5.56 Å². The fourth-order valence-corrected chi connectivity index (χ4v) is 2.01. The molecule has 3 aromatic heterocycles. The van der Waals surface area contributed by atoms with Crippen LogP contribution in [0, 0.1) is 11.3 Å². The van der Waals surface area contributed by atoms with Gasteiger partial charge in [-0.2, -0.15) is 10.4 Å². The zero-order chi connectivity index (χ0) is 16.1. The smallest absolute Gasteiger partial charge is 0.269 e. The predicted molar refractivity (Wildman–Crippen MR) is 81.9 cm³/mol. The van der Waals surface area contributed by atoms with Gasteiger partial charge in [0.15, 0.2) is 0 Å². The highest BCUT2D eigenvalue weighted by atomic mass is 16.1. The number of carbonyl (C=O) groups is 1. The highest BCUT2D eigenvalue weighted by Crippen LogP contribution is 2.14. The number of nitrogens with zero attached hydrogens (tertiary/aromatic N) is 4. The molecule has 3 heterocycles. The van der Waals surface area contributed by atoms with Gasteiger partial charge in [0.2, 0.25) is 0 Å². The van der Waals surface area contributed by atoms with E-state index < -0.39 is 0 Å². The topological polar surface area (TPSA) is 107 Å². The van der Waals surface area contributed by atoms with E-state index in [1.54, 1.807) is 24.4 Å².